The second-order valence-corrected chi connectivity index (χ2v) is 6.35. The van der Waals surface area contributed by atoms with E-state index in [0.29, 0.717) is 18.0 Å². The third kappa shape index (κ3) is 5.27. The largest absolute Gasteiger partial charge is 0.495 e. The molecule has 0 aliphatic carbocycles. The second-order valence-electron chi connectivity index (χ2n) is 6.35. The smallest absolute Gasteiger partial charge is 0.246 e. The summed E-state index contributed by atoms with van der Waals surface area (Å²) in [7, 11) is 1.58. The number of rotatable bonds is 8. The van der Waals surface area contributed by atoms with E-state index in [2.05, 4.69) is 10.6 Å². The van der Waals surface area contributed by atoms with Crippen molar-refractivity contribution in [1.29, 1.82) is 0 Å². The van der Waals surface area contributed by atoms with Crippen molar-refractivity contribution in [2.45, 2.75) is 19.6 Å². The number of para-hydroxylation sites is 2. The van der Waals surface area contributed by atoms with Crippen molar-refractivity contribution in [3.8, 4) is 11.5 Å². The molecule has 1 amide bonds. The number of hydrogen-bond donors (Lipinski definition) is 2. The molecule has 0 fully saturated rings. The molecule has 5 heteroatoms. The van der Waals surface area contributed by atoms with E-state index in [4.69, 9.17) is 9.47 Å². The molecule has 3 aromatic carbocycles. The third-order valence-corrected chi connectivity index (χ3v) is 4.24. The Hall–Kier alpha value is -3.47. The van der Waals surface area contributed by atoms with Gasteiger partial charge in [-0.15, -0.1) is 0 Å². The summed E-state index contributed by atoms with van der Waals surface area (Å²) in [6.45, 7) is 2.33. The van der Waals surface area contributed by atoms with Gasteiger partial charge in [0.15, 0.2) is 0 Å². The number of ether oxygens (including phenoxy) is 2. The Morgan fingerprint density at radius 2 is 1.61 bits per heavy atom. The van der Waals surface area contributed by atoms with Gasteiger partial charge in [-0.3, -0.25) is 4.79 Å². The Balaban J connectivity index is 1.53. The van der Waals surface area contributed by atoms with Crippen LogP contribution in [0.1, 0.15) is 12.5 Å². The lowest BCUT2D eigenvalue weighted by Crippen LogP contribution is -2.31. The Morgan fingerprint density at radius 3 is 2.32 bits per heavy atom. The molecule has 0 saturated heterocycles. The lowest BCUT2D eigenvalue weighted by atomic mass is 10.2. The first-order valence-electron chi connectivity index (χ1n) is 9.13. The minimum Gasteiger partial charge on any atom is -0.495 e. The number of carbonyl (C=O) groups is 1. The van der Waals surface area contributed by atoms with E-state index in [1.165, 1.54) is 0 Å². The fourth-order valence-electron chi connectivity index (χ4n) is 2.69. The topological polar surface area (TPSA) is 59.6 Å². The first-order chi connectivity index (χ1) is 13.7. The van der Waals surface area contributed by atoms with Gasteiger partial charge in [-0.1, -0.05) is 42.5 Å². The minimum absolute atomic E-state index is 0.145. The molecule has 144 valence electrons. The molecule has 0 aromatic heterocycles. The number of anilines is 2. The van der Waals surface area contributed by atoms with Gasteiger partial charge in [0, 0.05) is 5.69 Å². The van der Waals surface area contributed by atoms with Gasteiger partial charge in [-0.2, -0.15) is 0 Å². The number of benzene rings is 3. The van der Waals surface area contributed by atoms with Crippen LogP contribution in [0.25, 0.3) is 0 Å². The molecule has 5 nitrogen and oxygen atoms in total. The predicted molar refractivity (Wildman–Crippen MR) is 112 cm³/mol. The van der Waals surface area contributed by atoms with E-state index in [1.807, 2.05) is 85.8 Å². The van der Waals surface area contributed by atoms with Gasteiger partial charge < -0.3 is 20.1 Å². The molecule has 2 N–H and O–H groups in total. The normalized spacial score (nSPS) is 11.4. The number of nitrogens with one attached hydrogen (secondary N) is 2. The average Bonchev–Trinajstić information content (AvgIpc) is 2.74. The maximum atomic E-state index is 12.5. The van der Waals surface area contributed by atoms with E-state index in [0.717, 1.165) is 17.0 Å². The molecular formula is C23H24N2O3. The summed E-state index contributed by atoms with van der Waals surface area (Å²) in [6.07, 6.45) is 0. The van der Waals surface area contributed by atoms with Crippen LogP contribution in [-0.4, -0.2) is 19.1 Å². The van der Waals surface area contributed by atoms with E-state index in [1.54, 1.807) is 7.11 Å². The van der Waals surface area contributed by atoms with Crippen molar-refractivity contribution < 1.29 is 14.3 Å². The quantitative estimate of drug-likeness (QED) is 0.598. The van der Waals surface area contributed by atoms with Crippen molar-refractivity contribution in [2.24, 2.45) is 0 Å². The summed E-state index contributed by atoms with van der Waals surface area (Å²) in [5.41, 5.74) is 2.61. The Labute approximate surface area is 165 Å². The summed E-state index contributed by atoms with van der Waals surface area (Å²) >= 11 is 0. The van der Waals surface area contributed by atoms with Gasteiger partial charge in [0.1, 0.15) is 24.1 Å². The highest BCUT2D eigenvalue weighted by atomic mass is 16.5. The summed E-state index contributed by atoms with van der Waals surface area (Å²) in [5.74, 6) is 1.26. The zero-order valence-corrected chi connectivity index (χ0v) is 16.0. The maximum Gasteiger partial charge on any atom is 0.246 e. The first-order valence-corrected chi connectivity index (χ1v) is 9.13. The molecule has 0 saturated carbocycles. The zero-order chi connectivity index (χ0) is 19.8. The van der Waals surface area contributed by atoms with Crippen molar-refractivity contribution in [3.05, 3.63) is 84.4 Å². The molecule has 1 atom stereocenters. The van der Waals surface area contributed by atoms with Crippen LogP contribution >= 0.6 is 0 Å². The summed E-state index contributed by atoms with van der Waals surface area (Å²) < 4.78 is 11.0. The average molecular weight is 376 g/mol. The van der Waals surface area contributed by atoms with Gasteiger partial charge in [0.05, 0.1) is 12.8 Å². The highest BCUT2D eigenvalue weighted by molar-refractivity contribution is 5.97. The second kappa shape index (κ2) is 9.46. The zero-order valence-electron chi connectivity index (χ0n) is 16.0. The molecule has 0 bridgehead atoms. The lowest BCUT2D eigenvalue weighted by molar-refractivity contribution is -0.116. The molecule has 3 aromatic rings. The molecule has 0 aliphatic heterocycles. The molecule has 3 rings (SSSR count). The molecule has 28 heavy (non-hydrogen) atoms. The number of hydrogen-bond acceptors (Lipinski definition) is 4. The van der Waals surface area contributed by atoms with Crippen LogP contribution in [0.2, 0.25) is 0 Å². The van der Waals surface area contributed by atoms with Crippen molar-refractivity contribution in [1.82, 2.24) is 0 Å². The molecule has 0 heterocycles. The van der Waals surface area contributed by atoms with Crippen LogP contribution in [0.4, 0.5) is 11.4 Å². The van der Waals surface area contributed by atoms with E-state index < -0.39 is 6.04 Å². The van der Waals surface area contributed by atoms with Crippen LogP contribution in [0, 0.1) is 0 Å². The van der Waals surface area contributed by atoms with Crippen LogP contribution in [0.3, 0.4) is 0 Å². The van der Waals surface area contributed by atoms with E-state index >= 15 is 0 Å². The fraction of sp³-hybridized carbons (Fsp3) is 0.174. The van der Waals surface area contributed by atoms with Crippen LogP contribution in [-0.2, 0) is 11.4 Å². The maximum absolute atomic E-state index is 12.5. The van der Waals surface area contributed by atoms with E-state index in [9.17, 15) is 4.79 Å². The summed E-state index contributed by atoms with van der Waals surface area (Å²) in [6, 6.07) is 24.5. The molecule has 0 aliphatic rings. The number of carbonyl (C=O) groups excluding carboxylic acids is 1. The standard InChI is InChI=1S/C23H24N2O3/c1-17(23(26)25-21-10-6-7-11-22(21)27-2)24-19-12-14-20(15-13-19)28-16-18-8-4-3-5-9-18/h3-15,17,24H,16H2,1-2H3,(H,25,26)/t17-/m1/s1. The number of amides is 1. The van der Waals surface area contributed by atoms with E-state index in [-0.39, 0.29) is 5.91 Å². The Kier molecular flexibility index (Phi) is 6.52. The van der Waals surface area contributed by atoms with Gasteiger partial charge in [-0.25, -0.2) is 0 Å². The van der Waals surface area contributed by atoms with Gasteiger partial charge >= 0.3 is 0 Å². The predicted octanol–water partition coefficient (Wildman–Crippen LogP) is 4.71. The molecule has 0 spiro atoms. The van der Waals surface area contributed by atoms with Gasteiger partial charge in [-0.05, 0) is 48.9 Å². The number of methoxy groups -OCH3 is 1. The monoisotopic (exact) mass is 376 g/mol. The van der Waals surface area contributed by atoms with Crippen molar-refractivity contribution in [3.63, 3.8) is 0 Å². The fourth-order valence-corrected chi connectivity index (χ4v) is 2.69. The molecule has 0 radical (unpaired) electrons. The Morgan fingerprint density at radius 1 is 0.929 bits per heavy atom. The Bertz CT molecular complexity index is 895. The SMILES string of the molecule is COc1ccccc1NC(=O)[C@@H](C)Nc1ccc(OCc2ccccc2)cc1. The lowest BCUT2D eigenvalue weighted by Gasteiger charge is -2.17. The molecular weight excluding hydrogens is 352 g/mol. The van der Waals surface area contributed by atoms with Gasteiger partial charge in [0.25, 0.3) is 0 Å². The highest BCUT2D eigenvalue weighted by Gasteiger charge is 2.14. The highest BCUT2D eigenvalue weighted by Crippen LogP contribution is 2.23. The van der Waals surface area contributed by atoms with Crippen LogP contribution < -0.4 is 20.1 Å². The third-order valence-electron chi connectivity index (χ3n) is 4.24. The first kappa shape index (κ1) is 19.3. The summed E-state index contributed by atoms with van der Waals surface area (Å²) in [5, 5.41) is 6.07. The van der Waals surface area contributed by atoms with Crippen LogP contribution in [0.15, 0.2) is 78.9 Å². The molecule has 0 unspecified atom stereocenters. The summed E-state index contributed by atoms with van der Waals surface area (Å²) in [4.78, 5) is 12.5. The van der Waals surface area contributed by atoms with Crippen molar-refractivity contribution in [2.75, 3.05) is 17.7 Å². The van der Waals surface area contributed by atoms with Gasteiger partial charge in [0.2, 0.25) is 5.91 Å². The van der Waals surface area contributed by atoms with Crippen molar-refractivity contribution >= 4 is 17.3 Å². The minimum atomic E-state index is -0.416. The van der Waals surface area contributed by atoms with Crippen LogP contribution in [0.5, 0.6) is 11.5 Å².